The summed E-state index contributed by atoms with van der Waals surface area (Å²) in [5.74, 6) is -1.35. The highest BCUT2D eigenvalue weighted by Crippen LogP contribution is 2.23. The molecule has 0 aliphatic carbocycles. The summed E-state index contributed by atoms with van der Waals surface area (Å²) in [7, 11) is 0. The number of rotatable bonds is 3. The van der Waals surface area contributed by atoms with E-state index in [4.69, 9.17) is 5.11 Å². The van der Waals surface area contributed by atoms with Crippen molar-refractivity contribution < 1.29 is 14.7 Å². The topological polar surface area (TPSA) is 82.5 Å². The first-order valence-corrected chi connectivity index (χ1v) is 6.68. The minimum atomic E-state index is -0.842. The Labute approximate surface area is 117 Å². The fourth-order valence-electron chi connectivity index (χ4n) is 2.44. The summed E-state index contributed by atoms with van der Waals surface area (Å²) >= 11 is 0. The van der Waals surface area contributed by atoms with Gasteiger partial charge in [-0.2, -0.15) is 0 Å². The zero-order valence-electron chi connectivity index (χ0n) is 11.6. The lowest BCUT2D eigenvalue weighted by Gasteiger charge is -2.20. The maximum atomic E-state index is 12.1. The second-order valence-corrected chi connectivity index (χ2v) is 5.25. The number of likely N-dealkylation sites (tertiary alicyclic amines) is 1. The van der Waals surface area contributed by atoms with Crippen molar-refractivity contribution in [2.45, 2.75) is 19.9 Å². The number of urea groups is 1. The zero-order chi connectivity index (χ0) is 14.7. The van der Waals surface area contributed by atoms with Gasteiger partial charge in [-0.1, -0.05) is 13.0 Å². The van der Waals surface area contributed by atoms with E-state index in [0.29, 0.717) is 6.54 Å². The van der Waals surface area contributed by atoms with Crippen LogP contribution in [0, 0.1) is 11.8 Å². The number of aromatic nitrogens is 1. The molecule has 0 radical (unpaired) electrons. The van der Waals surface area contributed by atoms with Gasteiger partial charge in [0.25, 0.3) is 0 Å². The number of carbonyl (C=O) groups is 2. The van der Waals surface area contributed by atoms with Crippen LogP contribution in [-0.4, -0.2) is 40.1 Å². The van der Waals surface area contributed by atoms with Gasteiger partial charge in [-0.25, -0.2) is 4.79 Å². The van der Waals surface area contributed by atoms with E-state index >= 15 is 0 Å². The highest BCUT2D eigenvalue weighted by molar-refractivity contribution is 5.77. The van der Waals surface area contributed by atoms with Gasteiger partial charge < -0.3 is 15.3 Å². The second-order valence-electron chi connectivity index (χ2n) is 5.25. The van der Waals surface area contributed by atoms with Gasteiger partial charge in [0.15, 0.2) is 0 Å². The van der Waals surface area contributed by atoms with E-state index in [1.807, 2.05) is 32.0 Å². The van der Waals surface area contributed by atoms with Crippen LogP contribution in [0.5, 0.6) is 0 Å². The number of amides is 2. The molecule has 6 heteroatoms. The van der Waals surface area contributed by atoms with Crippen LogP contribution in [0.25, 0.3) is 0 Å². The fraction of sp³-hybridized carbons (Fsp3) is 0.500. The molecule has 1 fully saturated rings. The van der Waals surface area contributed by atoms with E-state index in [1.54, 1.807) is 11.1 Å². The molecule has 1 aliphatic heterocycles. The predicted molar refractivity (Wildman–Crippen MR) is 73.0 cm³/mol. The molecule has 1 unspecified atom stereocenters. The summed E-state index contributed by atoms with van der Waals surface area (Å²) in [6.07, 6.45) is 1.68. The van der Waals surface area contributed by atoms with Crippen LogP contribution < -0.4 is 5.32 Å². The zero-order valence-corrected chi connectivity index (χ0v) is 11.6. The number of hydrogen-bond acceptors (Lipinski definition) is 3. The normalized spacial score (nSPS) is 23.4. The van der Waals surface area contributed by atoms with Crippen molar-refractivity contribution in [3.05, 3.63) is 30.1 Å². The van der Waals surface area contributed by atoms with Gasteiger partial charge in [0.05, 0.1) is 17.7 Å². The molecule has 6 nitrogen and oxygen atoms in total. The van der Waals surface area contributed by atoms with Crippen molar-refractivity contribution in [3.8, 4) is 0 Å². The van der Waals surface area contributed by atoms with Crippen molar-refractivity contribution in [1.29, 1.82) is 0 Å². The van der Waals surface area contributed by atoms with Crippen LogP contribution >= 0.6 is 0 Å². The lowest BCUT2D eigenvalue weighted by atomic mass is 9.99. The van der Waals surface area contributed by atoms with Crippen molar-refractivity contribution in [2.75, 3.05) is 13.1 Å². The molecule has 1 aromatic heterocycles. The molecule has 20 heavy (non-hydrogen) atoms. The molecule has 2 amide bonds. The Morgan fingerprint density at radius 3 is 2.75 bits per heavy atom. The van der Waals surface area contributed by atoms with E-state index < -0.39 is 11.9 Å². The van der Waals surface area contributed by atoms with Gasteiger partial charge in [0.2, 0.25) is 0 Å². The SMILES string of the molecule is CC(NC(=O)N1C[C@@H](C)[C@H](C(=O)O)C1)c1ccccn1. The molecule has 2 heterocycles. The van der Waals surface area contributed by atoms with Crippen molar-refractivity contribution in [2.24, 2.45) is 11.8 Å². The molecule has 2 rings (SSSR count). The van der Waals surface area contributed by atoms with Crippen LogP contribution in [0.2, 0.25) is 0 Å². The average molecular weight is 277 g/mol. The molecule has 1 saturated heterocycles. The van der Waals surface area contributed by atoms with Crippen molar-refractivity contribution >= 4 is 12.0 Å². The molecule has 3 atom stereocenters. The van der Waals surface area contributed by atoms with Crippen LogP contribution in [0.4, 0.5) is 4.79 Å². The van der Waals surface area contributed by atoms with Crippen LogP contribution in [0.3, 0.4) is 0 Å². The lowest BCUT2D eigenvalue weighted by molar-refractivity contribution is -0.142. The molecular weight excluding hydrogens is 258 g/mol. The van der Waals surface area contributed by atoms with E-state index in [-0.39, 0.29) is 24.5 Å². The fourth-order valence-corrected chi connectivity index (χ4v) is 2.44. The van der Waals surface area contributed by atoms with E-state index in [0.717, 1.165) is 5.69 Å². The molecule has 0 bridgehead atoms. The number of nitrogens with one attached hydrogen (secondary N) is 1. The summed E-state index contributed by atoms with van der Waals surface area (Å²) in [6.45, 7) is 4.44. The molecule has 2 N–H and O–H groups in total. The lowest BCUT2D eigenvalue weighted by Crippen LogP contribution is -2.40. The Balaban J connectivity index is 1.95. The smallest absolute Gasteiger partial charge is 0.317 e. The third-order valence-corrected chi connectivity index (χ3v) is 3.69. The summed E-state index contributed by atoms with van der Waals surface area (Å²) in [4.78, 5) is 28.9. The molecule has 0 spiro atoms. The minimum absolute atomic E-state index is 0.0246. The van der Waals surface area contributed by atoms with Gasteiger partial charge >= 0.3 is 12.0 Å². The Kier molecular flexibility index (Phi) is 4.22. The maximum absolute atomic E-state index is 12.1. The van der Waals surface area contributed by atoms with Gasteiger partial charge in [0, 0.05) is 19.3 Å². The maximum Gasteiger partial charge on any atom is 0.317 e. The molecule has 1 aliphatic rings. The Morgan fingerprint density at radius 2 is 2.20 bits per heavy atom. The summed E-state index contributed by atoms with van der Waals surface area (Å²) in [5.41, 5.74) is 0.780. The number of pyridine rings is 1. The third kappa shape index (κ3) is 3.07. The number of aliphatic carboxylic acids is 1. The first kappa shape index (κ1) is 14.3. The van der Waals surface area contributed by atoms with E-state index in [2.05, 4.69) is 10.3 Å². The van der Waals surface area contributed by atoms with Crippen LogP contribution in [0.15, 0.2) is 24.4 Å². The van der Waals surface area contributed by atoms with Gasteiger partial charge in [0.1, 0.15) is 0 Å². The van der Waals surface area contributed by atoms with E-state index in [1.165, 1.54) is 0 Å². The number of carboxylic acid groups (broad SMARTS) is 1. The summed E-state index contributed by atoms with van der Waals surface area (Å²) < 4.78 is 0. The Bertz CT molecular complexity index is 492. The van der Waals surface area contributed by atoms with Crippen molar-refractivity contribution in [1.82, 2.24) is 15.2 Å². The molecule has 0 saturated carbocycles. The third-order valence-electron chi connectivity index (χ3n) is 3.69. The van der Waals surface area contributed by atoms with Crippen LogP contribution in [-0.2, 0) is 4.79 Å². The predicted octanol–water partition coefficient (Wildman–Crippen LogP) is 1.50. The quantitative estimate of drug-likeness (QED) is 0.877. The Morgan fingerprint density at radius 1 is 1.45 bits per heavy atom. The van der Waals surface area contributed by atoms with Gasteiger partial charge in [-0.05, 0) is 25.0 Å². The molecule has 108 valence electrons. The molecular formula is C14H19N3O3. The molecule has 1 aromatic rings. The van der Waals surface area contributed by atoms with Crippen molar-refractivity contribution in [3.63, 3.8) is 0 Å². The minimum Gasteiger partial charge on any atom is -0.481 e. The number of carbonyl (C=O) groups excluding carboxylic acids is 1. The highest BCUT2D eigenvalue weighted by atomic mass is 16.4. The largest absolute Gasteiger partial charge is 0.481 e. The highest BCUT2D eigenvalue weighted by Gasteiger charge is 2.37. The standard InChI is InChI=1S/C14H19N3O3/c1-9-7-17(8-11(9)13(18)19)14(20)16-10(2)12-5-3-4-6-15-12/h3-6,9-11H,7-8H2,1-2H3,(H,16,20)(H,18,19)/t9-,10?,11-/m1/s1. The molecule has 0 aromatic carbocycles. The number of carboxylic acids is 1. The summed E-state index contributed by atoms with van der Waals surface area (Å²) in [5, 5.41) is 11.9. The summed E-state index contributed by atoms with van der Waals surface area (Å²) in [6, 6.07) is 5.08. The Hall–Kier alpha value is -2.11. The van der Waals surface area contributed by atoms with Gasteiger partial charge in [-0.3, -0.25) is 9.78 Å². The first-order valence-electron chi connectivity index (χ1n) is 6.68. The van der Waals surface area contributed by atoms with Crippen LogP contribution in [0.1, 0.15) is 25.6 Å². The monoisotopic (exact) mass is 277 g/mol. The second kappa shape index (κ2) is 5.90. The van der Waals surface area contributed by atoms with Gasteiger partial charge in [-0.15, -0.1) is 0 Å². The average Bonchev–Trinajstić information content (AvgIpc) is 2.82. The van der Waals surface area contributed by atoms with E-state index in [9.17, 15) is 9.59 Å². The first-order chi connectivity index (χ1) is 9.49. The number of hydrogen-bond donors (Lipinski definition) is 2. The number of nitrogens with zero attached hydrogens (tertiary/aromatic N) is 2.